The van der Waals surface area contributed by atoms with Crippen LogP contribution in [0.4, 0.5) is 5.69 Å². The summed E-state index contributed by atoms with van der Waals surface area (Å²) >= 11 is 0. The first-order valence-electron chi connectivity index (χ1n) is 8.32. The van der Waals surface area contributed by atoms with E-state index in [9.17, 15) is 0 Å². The van der Waals surface area contributed by atoms with E-state index >= 15 is 0 Å². The third kappa shape index (κ3) is 4.01. The quantitative estimate of drug-likeness (QED) is 0.762. The molecule has 2 rings (SSSR count). The number of hydrogen-bond acceptors (Lipinski definition) is 1. The maximum Gasteiger partial charge on any atom is 0.0372 e. The van der Waals surface area contributed by atoms with Gasteiger partial charge in [-0.05, 0) is 61.0 Å². The summed E-state index contributed by atoms with van der Waals surface area (Å²) < 4.78 is 0. The molecular formula is C19H31N. The average Bonchev–Trinajstić information content (AvgIpc) is 2.45. The summed E-state index contributed by atoms with van der Waals surface area (Å²) in [5.41, 5.74) is 3.27. The van der Waals surface area contributed by atoms with Crippen molar-refractivity contribution in [2.75, 3.05) is 11.9 Å². The summed E-state index contributed by atoms with van der Waals surface area (Å²) in [4.78, 5) is 0. The van der Waals surface area contributed by atoms with E-state index in [-0.39, 0.29) is 0 Å². The van der Waals surface area contributed by atoms with Gasteiger partial charge in [0.05, 0.1) is 0 Å². The average molecular weight is 273 g/mol. The van der Waals surface area contributed by atoms with Crippen LogP contribution in [0, 0.1) is 17.3 Å². The van der Waals surface area contributed by atoms with Crippen LogP contribution in [0.2, 0.25) is 0 Å². The monoisotopic (exact) mass is 273 g/mol. The van der Waals surface area contributed by atoms with Crippen molar-refractivity contribution >= 4 is 5.69 Å². The first-order valence-corrected chi connectivity index (χ1v) is 8.32. The molecule has 1 fully saturated rings. The van der Waals surface area contributed by atoms with Crippen LogP contribution in [0.5, 0.6) is 0 Å². The number of rotatable bonds is 4. The predicted molar refractivity (Wildman–Crippen MR) is 89.2 cm³/mol. The van der Waals surface area contributed by atoms with Gasteiger partial charge in [-0.25, -0.2) is 0 Å². The maximum absolute atomic E-state index is 3.69. The molecule has 0 saturated heterocycles. The lowest BCUT2D eigenvalue weighted by Gasteiger charge is -2.37. The van der Waals surface area contributed by atoms with Crippen molar-refractivity contribution in [3.05, 3.63) is 29.8 Å². The molecule has 1 aromatic rings. The SMILES string of the molecule is CCc1ccccc1NCC1CCC(C(C)(C)C)CC1. The standard InChI is InChI=1S/C19H31N/c1-5-16-8-6-7-9-18(16)20-14-15-10-12-17(13-11-15)19(2,3)4/h6-9,15,17,20H,5,10-14H2,1-4H3. The van der Waals surface area contributed by atoms with E-state index in [2.05, 4.69) is 57.3 Å². The van der Waals surface area contributed by atoms with Crippen LogP contribution in [0.25, 0.3) is 0 Å². The Balaban J connectivity index is 1.82. The Bertz CT molecular complexity index is 408. The van der Waals surface area contributed by atoms with E-state index in [4.69, 9.17) is 0 Å². The fourth-order valence-corrected chi connectivity index (χ4v) is 3.49. The molecule has 0 unspecified atom stereocenters. The third-order valence-corrected chi connectivity index (χ3v) is 5.05. The molecule has 0 heterocycles. The van der Waals surface area contributed by atoms with Crippen molar-refractivity contribution in [1.82, 2.24) is 0 Å². The number of nitrogens with one attached hydrogen (secondary N) is 1. The van der Waals surface area contributed by atoms with Gasteiger partial charge in [-0.1, -0.05) is 45.9 Å². The summed E-state index contributed by atoms with van der Waals surface area (Å²) in [5, 5.41) is 3.69. The molecule has 1 aromatic carbocycles. The van der Waals surface area contributed by atoms with E-state index in [1.807, 2.05) is 0 Å². The highest BCUT2D eigenvalue weighted by molar-refractivity contribution is 5.51. The van der Waals surface area contributed by atoms with Crippen LogP contribution in [0.15, 0.2) is 24.3 Å². The van der Waals surface area contributed by atoms with E-state index in [0.29, 0.717) is 5.41 Å². The van der Waals surface area contributed by atoms with Gasteiger partial charge in [-0.3, -0.25) is 0 Å². The fourth-order valence-electron chi connectivity index (χ4n) is 3.49. The van der Waals surface area contributed by atoms with Gasteiger partial charge in [0.1, 0.15) is 0 Å². The first kappa shape index (κ1) is 15.4. The van der Waals surface area contributed by atoms with Gasteiger partial charge in [-0.15, -0.1) is 0 Å². The fraction of sp³-hybridized carbons (Fsp3) is 0.684. The van der Waals surface area contributed by atoms with Gasteiger partial charge in [-0.2, -0.15) is 0 Å². The summed E-state index contributed by atoms with van der Waals surface area (Å²) in [6, 6.07) is 8.73. The van der Waals surface area contributed by atoms with Crippen LogP contribution in [-0.4, -0.2) is 6.54 Å². The molecular weight excluding hydrogens is 242 g/mol. The van der Waals surface area contributed by atoms with Crippen molar-refractivity contribution < 1.29 is 0 Å². The normalized spacial score (nSPS) is 23.6. The zero-order valence-electron chi connectivity index (χ0n) is 13.7. The topological polar surface area (TPSA) is 12.0 Å². The second kappa shape index (κ2) is 6.65. The van der Waals surface area contributed by atoms with E-state index < -0.39 is 0 Å². The Hall–Kier alpha value is -0.980. The molecule has 0 spiro atoms. The van der Waals surface area contributed by atoms with Crippen molar-refractivity contribution in [3.8, 4) is 0 Å². The molecule has 0 bridgehead atoms. The van der Waals surface area contributed by atoms with Crippen molar-refractivity contribution in [2.24, 2.45) is 17.3 Å². The number of para-hydroxylation sites is 1. The van der Waals surface area contributed by atoms with Gasteiger partial charge in [0.2, 0.25) is 0 Å². The molecule has 0 atom stereocenters. The minimum atomic E-state index is 0.493. The van der Waals surface area contributed by atoms with Crippen LogP contribution < -0.4 is 5.32 Å². The smallest absolute Gasteiger partial charge is 0.0372 e. The minimum Gasteiger partial charge on any atom is -0.385 e. The van der Waals surface area contributed by atoms with Crippen molar-refractivity contribution in [3.63, 3.8) is 0 Å². The van der Waals surface area contributed by atoms with E-state index in [1.165, 1.54) is 36.9 Å². The van der Waals surface area contributed by atoms with Gasteiger partial charge in [0.15, 0.2) is 0 Å². The Kier molecular flexibility index (Phi) is 5.12. The van der Waals surface area contributed by atoms with Crippen LogP contribution in [-0.2, 0) is 6.42 Å². The maximum atomic E-state index is 3.69. The largest absolute Gasteiger partial charge is 0.385 e. The van der Waals surface area contributed by atoms with Crippen LogP contribution >= 0.6 is 0 Å². The molecule has 112 valence electrons. The molecule has 1 aliphatic rings. The number of aryl methyl sites for hydroxylation is 1. The van der Waals surface area contributed by atoms with Gasteiger partial charge >= 0.3 is 0 Å². The third-order valence-electron chi connectivity index (χ3n) is 5.05. The summed E-state index contributed by atoms with van der Waals surface area (Å²) in [6.07, 6.45) is 6.71. The Labute approximate surface area is 125 Å². The first-order chi connectivity index (χ1) is 9.50. The zero-order valence-corrected chi connectivity index (χ0v) is 13.7. The zero-order chi connectivity index (χ0) is 14.6. The van der Waals surface area contributed by atoms with E-state index in [1.54, 1.807) is 0 Å². The molecule has 0 aromatic heterocycles. The lowest BCUT2D eigenvalue weighted by Crippen LogP contribution is -2.28. The Morgan fingerprint density at radius 2 is 1.70 bits per heavy atom. The highest BCUT2D eigenvalue weighted by Crippen LogP contribution is 2.39. The molecule has 1 aliphatic carbocycles. The van der Waals surface area contributed by atoms with Crippen LogP contribution in [0.3, 0.4) is 0 Å². The Morgan fingerprint density at radius 3 is 2.30 bits per heavy atom. The second-order valence-electron chi connectivity index (χ2n) is 7.48. The summed E-state index contributed by atoms with van der Waals surface area (Å²) in [6.45, 7) is 10.6. The molecule has 1 saturated carbocycles. The van der Waals surface area contributed by atoms with Crippen molar-refractivity contribution in [2.45, 2.75) is 59.8 Å². The molecule has 20 heavy (non-hydrogen) atoms. The summed E-state index contributed by atoms with van der Waals surface area (Å²) in [5.74, 6) is 1.78. The summed E-state index contributed by atoms with van der Waals surface area (Å²) in [7, 11) is 0. The molecule has 1 heteroatoms. The minimum absolute atomic E-state index is 0.493. The number of hydrogen-bond donors (Lipinski definition) is 1. The van der Waals surface area contributed by atoms with Crippen molar-refractivity contribution in [1.29, 1.82) is 0 Å². The molecule has 0 amide bonds. The lowest BCUT2D eigenvalue weighted by molar-refractivity contribution is 0.153. The molecule has 1 nitrogen and oxygen atoms in total. The number of benzene rings is 1. The molecule has 1 N–H and O–H groups in total. The highest BCUT2D eigenvalue weighted by Gasteiger charge is 2.29. The van der Waals surface area contributed by atoms with Gasteiger partial charge in [0, 0.05) is 12.2 Å². The second-order valence-corrected chi connectivity index (χ2v) is 7.48. The van der Waals surface area contributed by atoms with Crippen LogP contribution in [0.1, 0.15) is 58.9 Å². The van der Waals surface area contributed by atoms with Gasteiger partial charge in [0.25, 0.3) is 0 Å². The number of anilines is 1. The molecule has 0 aliphatic heterocycles. The lowest BCUT2D eigenvalue weighted by atomic mass is 9.70. The highest BCUT2D eigenvalue weighted by atomic mass is 14.9. The van der Waals surface area contributed by atoms with Gasteiger partial charge < -0.3 is 5.32 Å². The molecule has 0 radical (unpaired) electrons. The predicted octanol–water partition coefficient (Wildman–Crippen LogP) is 5.51. The van der Waals surface area contributed by atoms with E-state index in [0.717, 1.165) is 24.8 Å². The Morgan fingerprint density at radius 1 is 1.05 bits per heavy atom.